The Bertz CT molecular complexity index is 702. The minimum absolute atomic E-state index is 0.0444. The number of hydrogen-bond donors (Lipinski definition) is 0. The monoisotopic (exact) mass is 310 g/mol. The highest BCUT2D eigenvalue weighted by Crippen LogP contribution is 2.22. The van der Waals surface area contributed by atoms with Gasteiger partial charge in [0.1, 0.15) is 0 Å². The third-order valence-corrected chi connectivity index (χ3v) is 3.89. The maximum absolute atomic E-state index is 12.2. The highest BCUT2D eigenvalue weighted by atomic mass is 16.5. The quantitative estimate of drug-likeness (QED) is 0.588. The molecule has 0 aliphatic rings. The van der Waals surface area contributed by atoms with Crippen molar-refractivity contribution >= 4 is 11.8 Å². The van der Waals surface area contributed by atoms with Gasteiger partial charge in [-0.3, -0.25) is 4.79 Å². The topological polar surface area (TPSA) is 43.4 Å². The van der Waals surface area contributed by atoms with E-state index < -0.39 is 0 Å². The molecular formula is C20H22O3. The van der Waals surface area contributed by atoms with Crippen LogP contribution in [-0.2, 0) is 11.2 Å². The van der Waals surface area contributed by atoms with Crippen LogP contribution in [0.5, 0.6) is 0 Å². The van der Waals surface area contributed by atoms with Crippen LogP contribution in [-0.4, -0.2) is 18.4 Å². The zero-order valence-electron chi connectivity index (χ0n) is 13.9. The molecule has 2 rings (SSSR count). The standard InChI is InChI=1S/C20H22O3/c1-4-19(21)18-13-17(20(22)23-5-2)12-16(14(18)3)11-15-9-7-6-8-10-15/h6-10,12-13H,4-5,11H2,1-3H3. The van der Waals surface area contributed by atoms with Crippen LogP contribution < -0.4 is 0 Å². The summed E-state index contributed by atoms with van der Waals surface area (Å²) in [6, 6.07) is 13.5. The van der Waals surface area contributed by atoms with E-state index in [1.165, 1.54) is 0 Å². The summed E-state index contributed by atoms with van der Waals surface area (Å²) >= 11 is 0. The van der Waals surface area contributed by atoms with E-state index in [0.717, 1.165) is 16.7 Å². The molecule has 0 N–H and O–H groups in total. The smallest absolute Gasteiger partial charge is 0.338 e. The molecule has 0 aliphatic carbocycles. The van der Waals surface area contributed by atoms with Gasteiger partial charge in [-0.05, 0) is 49.1 Å². The average molecular weight is 310 g/mol. The number of carbonyl (C=O) groups excluding carboxylic acids is 2. The molecule has 0 spiro atoms. The van der Waals surface area contributed by atoms with E-state index in [9.17, 15) is 9.59 Å². The molecule has 0 aliphatic heterocycles. The lowest BCUT2D eigenvalue weighted by atomic mass is 9.91. The molecule has 3 nitrogen and oxygen atoms in total. The van der Waals surface area contributed by atoms with Gasteiger partial charge in [-0.25, -0.2) is 4.79 Å². The lowest BCUT2D eigenvalue weighted by Crippen LogP contribution is -2.10. The summed E-state index contributed by atoms with van der Waals surface area (Å²) in [5.74, 6) is -0.338. The van der Waals surface area contributed by atoms with E-state index in [2.05, 4.69) is 0 Å². The lowest BCUT2D eigenvalue weighted by molar-refractivity contribution is 0.0526. The molecule has 2 aromatic carbocycles. The Hall–Kier alpha value is -2.42. The van der Waals surface area contributed by atoms with Gasteiger partial charge in [-0.15, -0.1) is 0 Å². The van der Waals surface area contributed by atoms with Gasteiger partial charge in [0.2, 0.25) is 0 Å². The third kappa shape index (κ3) is 4.07. The minimum atomic E-state index is -0.382. The van der Waals surface area contributed by atoms with E-state index in [-0.39, 0.29) is 11.8 Å². The Kier molecular flexibility index (Phi) is 5.69. The van der Waals surface area contributed by atoms with Gasteiger partial charge < -0.3 is 4.74 Å². The molecule has 0 aromatic heterocycles. The molecule has 0 saturated heterocycles. The van der Waals surface area contributed by atoms with Crippen molar-refractivity contribution in [2.75, 3.05) is 6.61 Å². The van der Waals surface area contributed by atoms with Gasteiger partial charge in [0, 0.05) is 12.0 Å². The first-order valence-electron chi connectivity index (χ1n) is 7.94. The first kappa shape index (κ1) is 16.9. The van der Waals surface area contributed by atoms with E-state index in [1.54, 1.807) is 13.0 Å². The third-order valence-electron chi connectivity index (χ3n) is 3.89. The van der Waals surface area contributed by atoms with Crippen LogP contribution in [0.15, 0.2) is 42.5 Å². The highest BCUT2D eigenvalue weighted by molar-refractivity contribution is 6.00. The normalized spacial score (nSPS) is 10.4. The summed E-state index contributed by atoms with van der Waals surface area (Å²) < 4.78 is 5.09. The van der Waals surface area contributed by atoms with Crippen molar-refractivity contribution in [1.29, 1.82) is 0 Å². The Morgan fingerprint density at radius 2 is 1.74 bits per heavy atom. The van der Waals surface area contributed by atoms with Crippen LogP contribution in [0, 0.1) is 6.92 Å². The summed E-state index contributed by atoms with van der Waals surface area (Å²) in [7, 11) is 0. The van der Waals surface area contributed by atoms with Gasteiger partial charge in [0.25, 0.3) is 0 Å². The number of rotatable bonds is 6. The number of carbonyl (C=O) groups is 2. The van der Waals surface area contributed by atoms with Crippen molar-refractivity contribution < 1.29 is 14.3 Å². The maximum Gasteiger partial charge on any atom is 0.338 e. The van der Waals surface area contributed by atoms with Gasteiger partial charge in [0.05, 0.1) is 12.2 Å². The second-order valence-electron chi connectivity index (χ2n) is 5.47. The van der Waals surface area contributed by atoms with Crippen molar-refractivity contribution in [3.05, 3.63) is 70.3 Å². The van der Waals surface area contributed by atoms with Gasteiger partial charge in [-0.2, -0.15) is 0 Å². The van der Waals surface area contributed by atoms with Gasteiger partial charge in [0.15, 0.2) is 5.78 Å². The van der Waals surface area contributed by atoms with Crippen molar-refractivity contribution in [3.63, 3.8) is 0 Å². The summed E-state index contributed by atoms with van der Waals surface area (Å²) in [5.41, 5.74) is 4.13. The van der Waals surface area contributed by atoms with E-state index in [1.807, 2.05) is 50.2 Å². The first-order chi connectivity index (χ1) is 11.1. The fourth-order valence-corrected chi connectivity index (χ4v) is 2.59. The van der Waals surface area contributed by atoms with Gasteiger partial charge in [-0.1, -0.05) is 37.3 Å². The number of benzene rings is 2. The number of ketones is 1. The second kappa shape index (κ2) is 7.73. The molecule has 2 aromatic rings. The second-order valence-corrected chi connectivity index (χ2v) is 5.47. The predicted molar refractivity (Wildman–Crippen MR) is 91.0 cm³/mol. The summed E-state index contributed by atoms with van der Waals surface area (Å²) in [6.07, 6.45) is 1.10. The van der Waals surface area contributed by atoms with Crippen LogP contribution >= 0.6 is 0 Å². The largest absolute Gasteiger partial charge is 0.462 e. The molecule has 120 valence electrons. The molecule has 0 fully saturated rings. The number of hydrogen-bond acceptors (Lipinski definition) is 3. The van der Waals surface area contributed by atoms with Crippen molar-refractivity contribution in [3.8, 4) is 0 Å². The van der Waals surface area contributed by atoms with Crippen LogP contribution in [0.2, 0.25) is 0 Å². The van der Waals surface area contributed by atoms with Crippen LogP contribution in [0.25, 0.3) is 0 Å². The Labute approximate surface area is 137 Å². The van der Waals surface area contributed by atoms with Crippen LogP contribution in [0.3, 0.4) is 0 Å². The summed E-state index contributed by atoms with van der Waals surface area (Å²) in [4.78, 5) is 24.3. The zero-order chi connectivity index (χ0) is 16.8. The minimum Gasteiger partial charge on any atom is -0.462 e. The van der Waals surface area contributed by atoms with Crippen molar-refractivity contribution in [2.24, 2.45) is 0 Å². The number of Topliss-reactive ketones (excluding diaryl/α,β-unsaturated/α-hetero) is 1. The van der Waals surface area contributed by atoms with E-state index in [0.29, 0.717) is 30.6 Å². The summed E-state index contributed by atoms with van der Waals surface area (Å²) in [5, 5.41) is 0. The molecule has 0 bridgehead atoms. The maximum atomic E-state index is 12.2. The number of ether oxygens (including phenoxy) is 1. The zero-order valence-corrected chi connectivity index (χ0v) is 13.9. The van der Waals surface area contributed by atoms with Gasteiger partial charge >= 0.3 is 5.97 Å². The predicted octanol–water partition coefficient (Wildman–Crippen LogP) is 4.36. The highest BCUT2D eigenvalue weighted by Gasteiger charge is 2.17. The molecule has 0 heterocycles. The summed E-state index contributed by atoms with van der Waals surface area (Å²) in [6.45, 7) is 5.86. The average Bonchev–Trinajstić information content (AvgIpc) is 2.57. The fourth-order valence-electron chi connectivity index (χ4n) is 2.59. The molecule has 0 atom stereocenters. The molecule has 0 unspecified atom stereocenters. The molecule has 0 amide bonds. The molecule has 23 heavy (non-hydrogen) atoms. The molecule has 0 saturated carbocycles. The fraction of sp³-hybridized carbons (Fsp3) is 0.300. The molecule has 3 heteroatoms. The van der Waals surface area contributed by atoms with Crippen molar-refractivity contribution in [2.45, 2.75) is 33.6 Å². The van der Waals surface area contributed by atoms with E-state index >= 15 is 0 Å². The van der Waals surface area contributed by atoms with Crippen molar-refractivity contribution in [1.82, 2.24) is 0 Å². The lowest BCUT2D eigenvalue weighted by Gasteiger charge is -2.13. The Balaban J connectivity index is 2.48. The van der Waals surface area contributed by atoms with Crippen LogP contribution in [0.4, 0.5) is 0 Å². The Morgan fingerprint density at radius 3 is 2.35 bits per heavy atom. The molecule has 0 radical (unpaired) electrons. The van der Waals surface area contributed by atoms with E-state index in [4.69, 9.17) is 4.74 Å². The SMILES string of the molecule is CCOC(=O)c1cc(Cc2ccccc2)c(C)c(C(=O)CC)c1. The van der Waals surface area contributed by atoms with Crippen LogP contribution in [0.1, 0.15) is 57.7 Å². The molecular weight excluding hydrogens is 288 g/mol. The Morgan fingerprint density at radius 1 is 1.04 bits per heavy atom. The number of esters is 1. The first-order valence-corrected chi connectivity index (χ1v) is 7.94.